The number of rotatable bonds is 2. The first-order valence-electron chi connectivity index (χ1n) is 6.81. The molecule has 0 radical (unpaired) electrons. The van der Waals surface area contributed by atoms with E-state index in [0.717, 1.165) is 0 Å². The highest BCUT2D eigenvalue weighted by atomic mass is 32.2. The molecule has 1 atom stereocenters. The zero-order valence-corrected chi connectivity index (χ0v) is 13.0. The van der Waals surface area contributed by atoms with Gasteiger partial charge < -0.3 is 4.90 Å². The number of amides is 1. The van der Waals surface area contributed by atoms with Gasteiger partial charge in [-0.1, -0.05) is 39.0 Å². The van der Waals surface area contributed by atoms with Crippen LogP contribution in [0.4, 0.5) is 0 Å². The van der Waals surface area contributed by atoms with Crippen molar-refractivity contribution in [2.24, 2.45) is 5.41 Å². The molecule has 0 spiro atoms. The van der Waals surface area contributed by atoms with Crippen molar-refractivity contribution in [2.75, 3.05) is 13.1 Å². The average molecular weight is 295 g/mol. The highest BCUT2D eigenvalue weighted by molar-refractivity contribution is 7.92. The van der Waals surface area contributed by atoms with E-state index in [1.807, 2.05) is 20.8 Å². The van der Waals surface area contributed by atoms with Crippen LogP contribution in [0.15, 0.2) is 35.2 Å². The summed E-state index contributed by atoms with van der Waals surface area (Å²) in [6, 6.07) is 8.47. The number of hydrogen-bond acceptors (Lipinski definition) is 3. The van der Waals surface area contributed by atoms with Crippen LogP contribution in [-0.4, -0.2) is 37.6 Å². The summed E-state index contributed by atoms with van der Waals surface area (Å²) in [5.41, 5.74) is -0.467. The van der Waals surface area contributed by atoms with Gasteiger partial charge in [0.25, 0.3) is 0 Å². The molecule has 0 bridgehead atoms. The lowest BCUT2D eigenvalue weighted by Gasteiger charge is -2.25. The SMILES string of the molecule is CC(C)(C)C(=O)N1CC[C@H](S(=O)(=O)c2ccccc2)C1. The number of carbonyl (C=O) groups excluding carboxylic acids is 1. The summed E-state index contributed by atoms with van der Waals surface area (Å²) < 4.78 is 25.0. The maximum Gasteiger partial charge on any atom is 0.227 e. The number of carbonyl (C=O) groups is 1. The number of nitrogens with zero attached hydrogens (tertiary/aromatic N) is 1. The number of likely N-dealkylation sites (tertiary alicyclic amines) is 1. The third-order valence-corrected chi connectivity index (χ3v) is 5.78. The molecule has 20 heavy (non-hydrogen) atoms. The predicted molar refractivity (Wildman–Crippen MR) is 78.1 cm³/mol. The molecule has 2 rings (SSSR count). The van der Waals surface area contributed by atoms with E-state index in [0.29, 0.717) is 24.4 Å². The zero-order valence-electron chi connectivity index (χ0n) is 12.2. The lowest BCUT2D eigenvalue weighted by atomic mass is 9.95. The minimum absolute atomic E-state index is 0.0169. The normalized spacial score (nSPS) is 20.1. The molecule has 1 aromatic rings. The Morgan fingerprint density at radius 2 is 1.80 bits per heavy atom. The van der Waals surface area contributed by atoms with Crippen molar-refractivity contribution in [3.8, 4) is 0 Å². The van der Waals surface area contributed by atoms with E-state index < -0.39 is 20.5 Å². The van der Waals surface area contributed by atoms with Crippen molar-refractivity contribution in [2.45, 2.75) is 37.3 Å². The van der Waals surface area contributed by atoms with Crippen LogP contribution < -0.4 is 0 Å². The third kappa shape index (κ3) is 2.87. The summed E-state index contributed by atoms with van der Waals surface area (Å²) in [5, 5.41) is -0.490. The Bertz CT molecular complexity index is 587. The molecule has 1 fully saturated rings. The van der Waals surface area contributed by atoms with Crippen molar-refractivity contribution >= 4 is 15.7 Å². The molecule has 0 aromatic heterocycles. The number of sulfone groups is 1. The molecule has 1 aliphatic rings. The Morgan fingerprint density at radius 3 is 2.35 bits per heavy atom. The average Bonchev–Trinajstić information content (AvgIpc) is 2.88. The van der Waals surface area contributed by atoms with Gasteiger partial charge >= 0.3 is 0 Å². The lowest BCUT2D eigenvalue weighted by Crippen LogP contribution is -2.39. The first-order chi connectivity index (χ1) is 9.23. The Balaban J connectivity index is 2.16. The molecule has 110 valence electrons. The first kappa shape index (κ1) is 15.0. The standard InChI is InChI=1S/C15H21NO3S/c1-15(2,3)14(17)16-10-9-13(11-16)20(18,19)12-7-5-4-6-8-12/h4-8,13H,9-11H2,1-3H3/t13-/m0/s1. The van der Waals surface area contributed by atoms with Gasteiger partial charge in [-0.15, -0.1) is 0 Å². The van der Waals surface area contributed by atoms with Crippen LogP contribution in [-0.2, 0) is 14.6 Å². The second kappa shape index (κ2) is 5.20. The van der Waals surface area contributed by atoms with Gasteiger partial charge in [-0.2, -0.15) is 0 Å². The fraction of sp³-hybridized carbons (Fsp3) is 0.533. The minimum atomic E-state index is -3.34. The second-order valence-electron chi connectivity index (χ2n) is 6.27. The van der Waals surface area contributed by atoms with Crippen LogP contribution >= 0.6 is 0 Å². The molecule has 1 aliphatic heterocycles. The van der Waals surface area contributed by atoms with E-state index in [2.05, 4.69) is 0 Å². The van der Waals surface area contributed by atoms with Gasteiger partial charge in [-0.3, -0.25) is 4.79 Å². The van der Waals surface area contributed by atoms with Crippen LogP contribution in [0.25, 0.3) is 0 Å². The topological polar surface area (TPSA) is 54.5 Å². The summed E-state index contributed by atoms with van der Waals surface area (Å²) in [7, 11) is -3.34. The predicted octanol–water partition coefficient (Wildman–Crippen LogP) is 2.11. The van der Waals surface area contributed by atoms with Crippen molar-refractivity contribution in [3.05, 3.63) is 30.3 Å². The summed E-state index contributed by atoms with van der Waals surface area (Å²) >= 11 is 0. The molecule has 5 heteroatoms. The van der Waals surface area contributed by atoms with Gasteiger partial charge in [0.05, 0.1) is 10.1 Å². The summed E-state index contributed by atoms with van der Waals surface area (Å²) in [5.74, 6) is 0.0169. The van der Waals surface area contributed by atoms with Crippen LogP contribution in [0.5, 0.6) is 0 Å². The lowest BCUT2D eigenvalue weighted by molar-refractivity contribution is -0.138. The van der Waals surface area contributed by atoms with E-state index in [4.69, 9.17) is 0 Å². The first-order valence-corrected chi connectivity index (χ1v) is 8.36. The minimum Gasteiger partial charge on any atom is -0.341 e. The van der Waals surface area contributed by atoms with Crippen LogP contribution in [0, 0.1) is 5.41 Å². The van der Waals surface area contributed by atoms with Gasteiger partial charge in [0.1, 0.15) is 0 Å². The molecule has 1 saturated heterocycles. The molecule has 4 nitrogen and oxygen atoms in total. The van der Waals surface area contributed by atoms with Gasteiger partial charge in [-0.05, 0) is 18.6 Å². The molecular weight excluding hydrogens is 274 g/mol. The van der Waals surface area contributed by atoms with Crippen molar-refractivity contribution < 1.29 is 13.2 Å². The van der Waals surface area contributed by atoms with E-state index in [-0.39, 0.29) is 5.91 Å². The molecular formula is C15H21NO3S. The fourth-order valence-electron chi connectivity index (χ4n) is 2.44. The summed E-state index contributed by atoms with van der Waals surface area (Å²) in [4.78, 5) is 14.2. The molecule has 1 heterocycles. The zero-order chi connectivity index (χ0) is 15.0. The highest BCUT2D eigenvalue weighted by Crippen LogP contribution is 2.27. The van der Waals surface area contributed by atoms with Crippen molar-refractivity contribution in [3.63, 3.8) is 0 Å². The monoisotopic (exact) mass is 295 g/mol. The second-order valence-corrected chi connectivity index (χ2v) is 8.50. The van der Waals surface area contributed by atoms with E-state index >= 15 is 0 Å². The van der Waals surface area contributed by atoms with Crippen LogP contribution in [0.3, 0.4) is 0 Å². The quantitative estimate of drug-likeness (QED) is 0.839. The highest BCUT2D eigenvalue weighted by Gasteiger charge is 2.38. The largest absolute Gasteiger partial charge is 0.341 e. The van der Waals surface area contributed by atoms with E-state index in [1.54, 1.807) is 35.2 Å². The summed E-state index contributed by atoms with van der Waals surface area (Å²) in [6.07, 6.45) is 0.513. The van der Waals surface area contributed by atoms with Gasteiger partial charge in [-0.25, -0.2) is 8.42 Å². The van der Waals surface area contributed by atoms with Crippen molar-refractivity contribution in [1.82, 2.24) is 4.90 Å². The van der Waals surface area contributed by atoms with E-state index in [1.165, 1.54) is 0 Å². The Hall–Kier alpha value is -1.36. The Kier molecular flexibility index (Phi) is 3.91. The maximum atomic E-state index is 12.5. The fourth-order valence-corrected chi connectivity index (χ4v) is 4.16. The Morgan fingerprint density at radius 1 is 1.20 bits per heavy atom. The molecule has 0 saturated carbocycles. The molecule has 1 aromatic carbocycles. The molecule has 0 unspecified atom stereocenters. The van der Waals surface area contributed by atoms with E-state index in [9.17, 15) is 13.2 Å². The van der Waals surface area contributed by atoms with Crippen LogP contribution in [0.1, 0.15) is 27.2 Å². The van der Waals surface area contributed by atoms with Gasteiger partial charge in [0.2, 0.25) is 5.91 Å². The Labute approximate surface area is 120 Å². The maximum absolute atomic E-state index is 12.5. The smallest absolute Gasteiger partial charge is 0.227 e. The summed E-state index contributed by atoms with van der Waals surface area (Å²) in [6.45, 7) is 6.39. The van der Waals surface area contributed by atoms with Gasteiger partial charge in [0.15, 0.2) is 9.84 Å². The van der Waals surface area contributed by atoms with Crippen LogP contribution in [0.2, 0.25) is 0 Å². The number of hydrogen-bond donors (Lipinski definition) is 0. The molecule has 0 N–H and O–H groups in total. The molecule has 1 amide bonds. The number of benzene rings is 1. The van der Waals surface area contributed by atoms with Crippen molar-refractivity contribution in [1.29, 1.82) is 0 Å². The van der Waals surface area contributed by atoms with Gasteiger partial charge in [0, 0.05) is 18.5 Å². The third-order valence-electron chi connectivity index (χ3n) is 3.58. The molecule has 0 aliphatic carbocycles.